The third-order valence-corrected chi connectivity index (χ3v) is 2.81. The average molecular weight is 249 g/mol. The van der Waals surface area contributed by atoms with E-state index in [1.807, 2.05) is 0 Å². The molecule has 0 aromatic carbocycles. The fourth-order valence-corrected chi connectivity index (χ4v) is 1.48. The van der Waals surface area contributed by atoms with E-state index in [4.69, 9.17) is 5.11 Å². The monoisotopic (exact) mass is 249 g/mol. The number of carboxylic acid groups (broad SMARTS) is 1. The maximum absolute atomic E-state index is 11.0. The van der Waals surface area contributed by atoms with Crippen LogP contribution < -0.4 is 5.32 Å². The van der Waals surface area contributed by atoms with Crippen molar-refractivity contribution >= 4 is 22.8 Å². The molecule has 0 bridgehead atoms. The second-order valence-corrected chi connectivity index (χ2v) is 4.77. The Bertz CT molecular complexity index is 590. The molecule has 2 aromatic heterocycles. The third kappa shape index (κ3) is 2.11. The summed E-state index contributed by atoms with van der Waals surface area (Å²) in [5.74, 6) is -0.256. The van der Waals surface area contributed by atoms with E-state index < -0.39 is 11.4 Å². The van der Waals surface area contributed by atoms with Gasteiger partial charge in [-0.2, -0.15) is 5.10 Å². The molecule has 0 amide bonds. The van der Waals surface area contributed by atoms with Crippen LogP contribution in [0.4, 0.5) is 5.82 Å². The highest BCUT2D eigenvalue weighted by molar-refractivity contribution is 5.86. The topological polar surface area (TPSA) is 92.9 Å². The maximum atomic E-state index is 11.0. The summed E-state index contributed by atoms with van der Waals surface area (Å²) in [6, 6.07) is 0. The lowest BCUT2D eigenvalue weighted by Gasteiger charge is -2.19. The van der Waals surface area contributed by atoms with Crippen molar-refractivity contribution < 1.29 is 9.90 Å². The van der Waals surface area contributed by atoms with Gasteiger partial charge in [0.2, 0.25) is 0 Å². The number of carbonyl (C=O) groups is 1. The fourth-order valence-electron chi connectivity index (χ4n) is 1.48. The Morgan fingerprint density at radius 3 is 2.89 bits per heavy atom. The number of fused-ring (bicyclic) bond motifs is 1. The zero-order chi connectivity index (χ0) is 13.3. The summed E-state index contributed by atoms with van der Waals surface area (Å²) in [6.45, 7) is 3.59. The van der Waals surface area contributed by atoms with Gasteiger partial charge in [0.25, 0.3) is 0 Å². The van der Waals surface area contributed by atoms with E-state index in [1.54, 1.807) is 31.8 Å². The molecule has 0 radical (unpaired) electrons. The van der Waals surface area contributed by atoms with Gasteiger partial charge in [-0.15, -0.1) is 0 Å². The van der Waals surface area contributed by atoms with Crippen LogP contribution >= 0.6 is 0 Å². The average Bonchev–Trinajstić information content (AvgIpc) is 2.69. The minimum Gasteiger partial charge on any atom is -0.481 e. The van der Waals surface area contributed by atoms with Crippen molar-refractivity contribution in [2.24, 2.45) is 12.5 Å². The number of nitrogens with one attached hydrogen (secondary N) is 1. The quantitative estimate of drug-likeness (QED) is 0.835. The van der Waals surface area contributed by atoms with Gasteiger partial charge in [-0.3, -0.25) is 9.48 Å². The smallest absolute Gasteiger partial charge is 0.310 e. The van der Waals surface area contributed by atoms with Crippen LogP contribution in [0.3, 0.4) is 0 Å². The summed E-state index contributed by atoms with van der Waals surface area (Å²) in [4.78, 5) is 19.2. The van der Waals surface area contributed by atoms with Gasteiger partial charge < -0.3 is 10.4 Å². The Morgan fingerprint density at radius 2 is 2.22 bits per heavy atom. The van der Waals surface area contributed by atoms with Gasteiger partial charge in [-0.05, 0) is 13.8 Å². The molecule has 0 aliphatic rings. The van der Waals surface area contributed by atoms with E-state index in [0.29, 0.717) is 11.5 Å². The summed E-state index contributed by atoms with van der Waals surface area (Å²) in [5, 5.41) is 17.0. The van der Waals surface area contributed by atoms with Crippen LogP contribution in [0, 0.1) is 5.41 Å². The van der Waals surface area contributed by atoms with E-state index >= 15 is 0 Å². The van der Waals surface area contributed by atoms with E-state index in [9.17, 15) is 4.79 Å². The molecule has 0 unspecified atom stereocenters. The summed E-state index contributed by atoms with van der Waals surface area (Å²) >= 11 is 0. The van der Waals surface area contributed by atoms with Gasteiger partial charge in [-0.1, -0.05) is 0 Å². The normalized spacial score (nSPS) is 11.7. The number of hydrogen-bond donors (Lipinski definition) is 2. The minimum atomic E-state index is -0.862. The van der Waals surface area contributed by atoms with Crippen molar-refractivity contribution in [3.05, 3.63) is 12.5 Å². The number of hydrogen-bond acceptors (Lipinski definition) is 5. The third-order valence-electron chi connectivity index (χ3n) is 2.81. The van der Waals surface area contributed by atoms with Crippen LogP contribution in [0.5, 0.6) is 0 Å². The van der Waals surface area contributed by atoms with Crippen LogP contribution in [-0.2, 0) is 11.8 Å². The minimum absolute atomic E-state index is 0.281. The molecule has 7 nitrogen and oxygen atoms in total. The molecule has 0 saturated heterocycles. The van der Waals surface area contributed by atoms with Gasteiger partial charge in [0.15, 0.2) is 5.65 Å². The summed E-state index contributed by atoms with van der Waals surface area (Å²) in [6.07, 6.45) is 3.09. The molecule has 2 aromatic rings. The van der Waals surface area contributed by atoms with Crippen LogP contribution in [0.15, 0.2) is 12.5 Å². The zero-order valence-corrected chi connectivity index (χ0v) is 10.5. The van der Waals surface area contributed by atoms with Gasteiger partial charge in [0, 0.05) is 13.6 Å². The first kappa shape index (κ1) is 12.3. The first-order valence-electron chi connectivity index (χ1n) is 5.52. The molecule has 0 spiro atoms. The lowest BCUT2D eigenvalue weighted by Crippen LogP contribution is -2.32. The molecule has 2 N–H and O–H groups in total. The number of aliphatic carboxylic acids is 1. The molecule has 2 rings (SSSR count). The number of rotatable bonds is 4. The summed E-state index contributed by atoms with van der Waals surface area (Å²) in [5.41, 5.74) is -0.153. The Kier molecular flexibility index (Phi) is 2.90. The van der Waals surface area contributed by atoms with E-state index in [-0.39, 0.29) is 6.54 Å². The van der Waals surface area contributed by atoms with Crippen LogP contribution in [-0.4, -0.2) is 37.4 Å². The van der Waals surface area contributed by atoms with Crippen LogP contribution in [0.2, 0.25) is 0 Å². The van der Waals surface area contributed by atoms with Crippen molar-refractivity contribution in [2.75, 3.05) is 11.9 Å². The van der Waals surface area contributed by atoms with Crippen LogP contribution in [0.1, 0.15) is 13.8 Å². The van der Waals surface area contributed by atoms with E-state index in [0.717, 1.165) is 5.39 Å². The molecular formula is C11H15N5O2. The van der Waals surface area contributed by atoms with Gasteiger partial charge >= 0.3 is 5.97 Å². The van der Waals surface area contributed by atoms with E-state index in [1.165, 1.54) is 6.33 Å². The number of aromatic nitrogens is 4. The molecule has 7 heteroatoms. The van der Waals surface area contributed by atoms with Crippen molar-refractivity contribution in [3.8, 4) is 0 Å². The van der Waals surface area contributed by atoms with Crippen LogP contribution in [0.25, 0.3) is 11.0 Å². The van der Waals surface area contributed by atoms with Crippen molar-refractivity contribution in [2.45, 2.75) is 13.8 Å². The van der Waals surface area contributed by atoms with Gasteiger partial charge in [0.05, 0.1) is 17.0 Å². The second-order valence-electron chi connectivity index (χ2n) is 4.77. The highest BCUT2D eigenvalue weighted by Gasteiger charge is 2.27. The summed E-state index contributed by atoms with van der Waals surface area (Å²) in [7, 11) is 1.79. The highest BCUT2D eigenvalue weighted by atomic mass is 16.4. The highest BCUT2D eigenvalue weighted by Crippen LogP contribution is 2.21. The maximum Gasteiger partial charge on any atom is 0.310 e. The van der Waals surface area contributed by atoms with Crippen molar-refractivity contribution in [1.29, 1.82) is 0 Å². The van der Waals surface area contributed by atoms with Crippen molar-refractivity contribution in [3.63, 3.8) is 0 Å². The molecule has 0 fully saturated rings. The molecule has 18 heavy (non-hydrogen) atoms. The number of aryl methyl sites for hydroxylation is 1. The number of nitrogens with zero attached hydrogens (tertiary/aromatic N) is 4. The molecule has 96 valence electrons. The Hall–Kier alpha value is -2.18. The van der Waals surface area contributed by atoms with Gasteiger partial charge in [-0.25, -0.2) is 9.97 Å². The Balaban J connectivity index is 2.25. The molecule has 0 aliphatic heterocycles. The summed E-state index contributed by atoms with van der Waals surface area (Å²) < 4.78 is 1.64. The Morgan fingerprint density at radius 1 is 1.50 bits per heavy atom. The molecular weight excluding hydrogens is 234 g/mol. The van der Waals surface area contributed by atoms with E-state index in [2.05, 4.69) is 20.4 Å². The Labute approximate surface area is 104 Å². The largest absolute Gasteiger partial charge is 0.481 e. The SMILES string of the molecule is Cn1ncc2c(NCC(C)(C)C(=O)O)ncnc21. The fraction of sp³-hybridized carbons (Fsp3) is 0.455. The van der Waals surface area contributed by atoms with Crippen molar-refractivity contribution in [1.82, 2.24) is 19.7 Å². The predicted octanol–water partition coefficient (Wildman–Crippen LogP) is 0.886. The predicted molar refractivity (Wildman–Crippen MR) is 66.2 cm³/mol. The first-order valence-corrected chi connectivity index (χ1v) is 5.52. The zero-order valence-electron chi connectivity index (χ0n) is 10.5. The second kappa shape index (κ2) is 4.25. The first-order chi connectivity index (χ1) is 8.42. The molecule has 2 heterocycles. The van der Waals surface area contributed by atoms with Gasteiger partial charge in [0.1, 0.15) is 12.1 Å². The molecule has 0 atom stereocenters. The molecule has 0 saturated carbocycles. The lowest BCUT2D eigenvalue weighted by molar-refractivity contribution is -0.146. The molecule has 0 aliphatic carbocycles. The lowest BCUT2D eigenvalue weighted by atomic mass is 9.94. The number of carboxylic acids is 1. The number of anilines is 1. The standard InChI is InChI=1S/C11H15N5O2/c1-11(2,10(17)18)5-12-8-7-4-15-16(3)9(7)14-6-13-8/h4,6H,5H2,1-3H3,(H,17,18)(H,12,13,14).